The highest BCUT2D eigenvalue weighted by Crippen LogP contribution is 2.25. The van der Waals surface area contributed by atoms with Crippen LogP contribution < -0.4 is 10.0 Å². The molecule has 9 heteroatoms. The molecule has 0 fully saturated rings. The van der Waals surface area contributed by atoms with Crippen LogP contribution in [0.3, 0.4) is 0 Å². The van der Waals surface area contributed by atoms with Crippen molar-refractivity contribution in [3.8, 4) is 0 Å². The SMILES string of the molecule is Cc1cc(Br)ccc1NC(=O)CCNS(=O)(=O)c1ccc(Br)s1. The first-order valence-electron chi connectivity index (χ1n) is 6.59. The van der Waals surface area contributed by atoms with Crippen LogP contribution in [0.25, 0.3) is 0 Å². The molecule has 2 aromatic rings. The molecule has 0 unspecified atom stereocenters. The Morgan fingerprint density at radius 2 is 1.96 bits per heavy atom. The standard InChI is InChI=1S/C14H14Br2N2O3S2/c1-9-8-10(15)2-3-11(9)18-13(19)6-7-17-23(20,21)14-5-4-12(16)22-14/h2-5,8,17H,6-7H2,1H3,(H,18,19). The highest BCUT2D eigenvalue weighted by molar-refractivity contribution is 9.11. The van der Waals surface area contributed by atoms with Gasteiger partial charge in [0.2, 0.25) is 15.9 Å². The molecule has 0 atom stereocenters. The first-order valence-corrected chi connectivity index (χ1v) is 10.5. The number of benzene rings is 1. The Morgan fingerprint density at radius 1 is 1.22 bits per heavy atom. The van der Waals surface area contributed by atoms with Gasteiger partial charge < -0.3 is 5.32 Å². The van der Waals surface area contributed by atoms with E-state index in [2.05, 4.69) is 41.9 Å². The molecule has 0 spiro atoms. The lowest BCUT2D eigenvalue weighted by molar-refractivity contribution is -0.116. The summed E-state index contributed by atoms with van der Waals surface area (Å²) in [6.45, 7) is 1.93. The number of anilines is 1. The van der Waals surface area contributed by atoms with Gasteiger partial charge >= 0.3 is 0 Å². The number of hydrogen-bond acceptors (Lipinski definition) is 4. The zero-order chi connectivity index (χ0) is 17.0. The van der Waals surface area contributed by atoms with Crippen molar-refractivity contribution in [2.24, 2.45) is 0 Å². The van der Waals surface area contributed by atoms with Gasteiger partial charge in [-0.3, -0.25) is 4.79 Å². The van der Waals surface area contributed by atoms with Gasteiger partial charge in [0.1, 0.15) is 4.21 Å². The second-order valence-electron chi connectivity index (χ2n) is 4.71. The van der Waals surface area contributed by atoms with Crippen molar-refractivity contribution < 1.29 is 13.2 Å². The minimum Gasteiger partial charge on any atom is -0.326 e. The minimum atomic E-state index is -3.57. The molecule has 1 aromatic carbocycles. The molecule has 1 amide bonds. The van der Waals surface area contributed by atoms with Crippen LogP contribution in [0.1, 0.15) is 12.0 Å². The summed E-state index contributed by atoms with van der Waals surface area (Å²) in [7, 11) is -3.57. The molecule has 0 radical (unpaired) electrons. The summed E-state index contributed by atoms with van der Waals surface area (Å²) >= 11 is 7.70. The topological polar surface area (TPSA) is 75.3 Å². The monoisotopic (exact) mass is 480 g/mol. The van der Waals surface area contributed by atoms with Crippen LogP contribution in [0.5, 0.6) is 0 Å². The number of nitrogens with one attached hydrogen (secondary N) is 2. The van der Waals surface area contributed by atoms with E-state index >= 15 is 0 Å². The fourth-order valence-corrected chi connectivity index (χ4v) is 5.35. The molecule has 2 N–H and O–H groups in total. The highest BCUT2D eigenvalue weighted by atomic mass is 79.9. The third-order valence-corrected chi connectivity index (χ3v) is 6.99. The molecule has 0 aliphatic carbocycles. The van der Waals surface area contributed by atoms with Gasteiger partial charge in [-0.2, -0.15) is 0 Å². The smallest absolute Gasteiger partial charge is 0.250 e. The number of hydrogen-bond donors (Lipinski definition) is 2. The summed E-state index contributed by atoms with van der Waals surface area (Å²) in [5.74, 6) is -0.245. The van der Waals surface area contributed by atoms with Crippen molar-refractivity contribution in [2.45, 2.75) is 17.6 Å². The number of rotatable bonds is 6. The van der Waals surface area contributed by atoms with E-state index in [1.165, 1.54) is 6.07 Å². The Labute approximate surface area is 155 Å². The average molecular weight is 482 g/mol. The Balaban J connectivity index is 1.87. The van der Waals surface area contributed by atoms with E-state index in [0.29, 0.717) is 5.69 Å². The summed E-state index contributed by atoms with van der Waals surface area (Å²) < 4.78 is 28.3. The zero-order valence-electron chi connectivity index (χ0n) is 12.1. The fraction of sp³-hybridized carbons (Fsp3) is 0.214. The van der Waals surface area contributed by atoms with Crippen molar-refractivity contribution >= 4 is 64.8 Å². The largest absolute Gasteiger partial charge is 0.326 e. The number of thiophene rings is 1. The fourth-order valence-electron chi connectivity index (χ4n) is 1.79. The molecular weight excluding hydrogens is 468 g/mol. The molecule has 0 bridgehead atoms. The minimum absolute atomic E-state index is 0.0409. The summed E-state index contributed by atoms with van der Waals surface area (Å²) in [6.07, 6.45) is 0.0568. The first kappa shape index (κ1) is 18.6. The molecule has 0 aliphatic heterocycles. The Bertz CT molecular complexity index is 819. The summed E-state index contributed by atoms with van der Waals surface area (Å²) in [6, 6.07) is 8.71. The van der Waals surface area contributed by atoms with Crippen LogP contribution in [0.4, 0.5) is 5.69 Å². The second kappa shape index (κ2) is 7.89. The highest BCUT2D eigenvalue weighted by Gasteiger charge is 2.16. The Kier molecular flexibility index (Phi) is 6.38. The van der Waals surface area contributed by atoms with Crippen molar-refractivity contribution in [1.82, 2.24) is 4.72 Å². The summed E-state index contributed by atoms with van der Waals surface area (Å²) in [5, 5.41) is 2.77. The predicted octanol–water partition coefficient (Wildman–Crippen LogP) is 3.89. The quantitative estimate of drug-likeness (QED) is 0.657. The maximum Gasteiger partial charge on any atom is 0.250 e. The lowest BCUT2D eigenvalue weighted by Gasteiger charge is -2.09. The number of carbonyl (C=O) groups excluding carboxylic acids is 1. The van der Waals surface area contributed by atoms with E-state index in [9.17, 15) is 13.2 Å². The van der Waals surface area contributed by atoms with E-state index in [0.717, 1.165) is 25.2 Å². The Hall–Kier alpha value is -0.740. The van der Waals surface area contributed by atoms with Crippen molar-refractivity contribution in [3.05, 3.63) is 44.2 Å². The number of amides is 1. The maximum absolute atomic E-state index is 12.0. The number of halogens is 2. The van der Waals surface area contributed by atoms with Gasteiger partial charge in [0.05, 0.1) is 3.79 Å². The third kappa shape index (κ3) is 5.39. The second-order valence-corrected chi connectivity index (χ2v) is 10.1. The van der Waals surface area contributed by atoms with Gasteiger partial charge in [-0.05, 0) is 58.7 Å². The van der Waals surface area contributed by atoms with E-state index in [4.69, 9.17) is 0 Å². The van der Waals surface area contributed by atoms with Gasteiger partial charge in [-0.1, -0.05) is 15.9 Å². The van der Waals surface area contributed by atoms with Crippen LogP contribution in [-0.2, 0) is 14.8 Å². The van der Waals surface area contributed by atoms with Gasteiger partial charge in [-0.15, -0.1) is 11.3 Å². The Morgan fingerprint density at radius 3 is 2.57 bits per heavy atom. The van der Waals surface area contributed by atoms with Crippen molar-refractivity contribution in [1.29, 1.82) is 0 Å². The van der Waals surface area contributed by atoms with Crippen molar-refractivity contribution in [2.75, 3.05) is 11.9 Å². The third-order valence-electron chi connectivity index (χ3n) is 2.92. The molecule has 124 valence electrons. The normalized spacial score (nSPS) is 11.4. The molecule has 0 saturated carbocycles. The van der Waals surface area contributed by atoms with E-state index in [1.54, 1.807) is 12.1 Å². The lowest BCUT2D eigenvalue weighted by Crippen LogP contribution is -2.27. The molecule has 1 heterocycles. The van der Waals surface area contributed by atoms with Gasteiger partial charge in [0.25, 0.3) is 0 Å². The molecule has 2 rings (SSSR count). The van der Waals surface area contributed by atoms with E-state index in [1.807, 2.05) is 19.1 Å². The average Bonchev–Trinajstić information content (AvgIpc) is 2.89. The van der Waals surface area contributed by atoms with Crippen LogP contribution in [0, 0.1) is 6.92 Å². The van der Waals surface area contributed by atoms with Crippen LogP contribution in [-0.4, -0.2) is 20.9 Å². The number of carbonyl (C=O) groups is 1. The number of aryl methyl sites for hydroxylation is 1. The molecule has 5 nitrogen and oxygen atoms in total. The first-order chi connectivity index (χ1) is 10.8. The molecule has 0 aliphatic rings. The van der Waals surface area contributed by atoms with E-state index in [-0.39, 0.29) is 23.1 Å². The zero-order valence-corrected chi connectivity index (χ0v) is 16.9. The van der Waals surface area contributed by atoms with Crippen LogP contribution in [0.2, 0.25) is 0 Å². The van der Waals surface area contributed by atoms with Crippen molar-refractivity contribution in [3.63, 3.8) is 0 Å². The molecule has 1 aromatic heterocycles. The molecule has 0 saturated heterocycles. The predicted molar refractivity (Wildman–Crippen MR) is 99.3 cm³/mol. The van der Waals surface area contributed by atoms with Gasteiger partial charge in [-0.25, -0.2) is 13.1 Å². The van der Waals surface area contributed by atoms with E-state index < -0.39 is 10.0 Å². The maximum atomic E-state index is 12.0. The van der Waals surface area contributed by atoms with Gasteiger partial charge in [0.15, 0.2) is 0 Å². The summed E-state index contributed by atoms with van der Waals surface area (Å²) in [4.78, 5) is 11.9. The molecular formula is C14H14Br2N2O3S2. The lowest BCUT2D eigenvalue weighted by atomic mass is 10.2. The van der Waals surface area contributed by atoms with Crippen LogP contribution in [0.15, 0.2) is 42.8 Å². The van der Waals surface area contributed by atoms with Crippen LogP contribution >= 0.6 is 43.2 Å². The molecule has 23 heavy (non-hydrogen) atoms. The number of sulfonamides is 1. The van der Waals surface area contributed by atoms with Gasteiger partial charge in [0, 0.05) is 23.1 Å². The summed E-state index contributed by atoms with van der Waals surface area (Å²) in [5.41, 5.74) is 1.64.